The van der Waals surface area contributed by atoms with Gasteiger partial charge in [0.15, 0.2) is 0 Å². The average molecular weight is 427 g/mol. The van der Waals surface area contributed by atoms with Crippen molar-refractivity contribution in [3.8, 4) is 23.1 Å². The molecule has 2 aromatic heterocycles. The molecule has 1 atom stereocenters. The summed E-state index contributed by atoms with van der Waals surface area (Å²) in [6.45, 7) is 0.513. The van der Waals surface area contributed by atoms with Crippen molar-refractivity contribution in [2.24, 2.45) is 0 Å². The number of amides is 1. The van der Waals surface area contributed by atoms with Crippen LogP contribution >= 0.6 is 0 Å². The van der Waals surface area contributed by atoms with Gasteiger partial charge in [-0.1, -0.05) is 0 Å². The molecular formula is C21H16F3N5O2. The normalized spacial score (nSPS) is 15.3. The van der Waals surface area contributed by atoms with Gasteiger partial charge in [0, 0.05) is 23.9 Å². The molecule has 0 spiro atoms. The Hall–Kier alpha value is -3.87. The number of carbonyl (C=O) groups excluding carboxylic acids is 1. The molecule has 1 amide bonds. The van der Waals surface area contributed by atoms with Gasteiger partial charge in [-0.3, -0.25) is 14.5 Å². The van der Waals surface area contributed by atoms with Crippen molar-refractivity contribution in [2.75, 3.05) is 7.11 Å². The topological polar surface area (TPSA) is 92.8 Å². The van der Waals surface area contributed by atoms with Gasteiger partial charge in [-0.15, -0.1) is 0 Å². The highest BCUT2D eigenvalue weighted by Gasteiger charge is 2.33. The van der Waals surface area contributed by atoms with Crippen LogP contribution in [0.15, 0.2) is 42.6 Å². The molecule has 10 heteroatoms. The Bertz CT molecular complexity index is 1200. The quantitative estimate of drug-likeness (QED) is 0.685. The van der Waals surface area contributed by atoms with Crippen LogP contribution in [0.4, 0.5) is 13.2 Å². The summed E-state index contributed by atoms with van der Waals surface area (Å²) in [7, 11) is 1.44. The molecule has 0 saturated heterocycles. The SMILES string of the molecule is COc1cc(C#N)cc(C(=O)N[C@@H]2CCn3nc(-c4ccnc(C(F)(F)F)c4)cc32)c1. The highest BCUT2D eigenvalue weighted by Crippen LogP contribution is 2.33. The van der Waals surface area contributed by atoms with E-state index in [1.54, 1.807) is 10.7 Å². The summed E-state index contributed by atoms with van der Waals surface area (Å²) in [4.78, 5) is 16.1. The number of aryl methyl sites for hydroxylation is 1. The van der Waals surface area contributed by atoms with E-state index in [1.165, 1.54) is 31.4 Å². The number of halogens is 3. The summed E-state index contributed by atoms with van der Waals surface area (Å²) in [6, 6.07) is 10.2. The standard InChI is InChI=1S/C21H16F3N5O2/c1-31-15-7-12(11-25)6-14(8-15)20(30)27-16-3-5-29-18(16)10-17(28-29)13-2-4-26-19(9-13)21(22,23)24/h2,4,6-10,16H,3,5H2,1H3,(H,27,30)/t16-/m1/s1. The lowest BCUT2D eigenvalue weighted by atomic mass is 10.1. The maximum atomic E-state index is 13.0. The minimum Gasteiger partial charge on any atom is -0.497 e. The first-order chi connectivity index (χ1) is 14.8. The van der Waals surface area contributed by atoms with Gasteiger partial charge < -0.3 is 10.1 Å². The van der Waals surface area contributed by atoms with Crippen LogP contribution in [0.3, 0.4) is 0 Å². The van der Waals surface area contributed by atoms with Crippen LogP contribution in [-0.2, 0) is 12.7 Å². The lowest BCUT2D eigenvalue weighted by Crippen LogP contribution is -2.27. The minimum absolute atomic E-state index is 0.276. The molecule has 0 radical (unpaired) electrons. The number of benzene rings is 1. The number of nitrogens with one attached hydrogen (secondary N) is 1. The molecule has 0 bridgehead atoms. The number of fused-ring (bicyclic) bond motifs is 1. The Balaban J connectivity index is 1.57. The number of rotatable bonds is 4. The van der Waals surface area contributed by atoms with Crippen LogP contribution in [-0.4, -0.2) is 27.8 Å². The number of carbonyl (C=O) groups is 1. The summed E-state index contributed by atoms with van der Waals surface area (Å²) in [5.74, 6) is 0.000902. The zero-order chi connectivity index (χ0) is 22.2. The van der Waals surface area contributed by atoms with E-state index in [0.29, 0.717) is 41.2 Å². The number of nitrogens with zero attached hydrogens (tertiary/aromatic N) is 4. The summed E-state index contributed by atoms with van der Waals surface area (Å²) in [6.07, 6.45) is -2.86. The van der Waals surface area contributed by atoms with E-state index >= 15 is 0 Å². The van der Waals surface area contributed by atoms with Crippen LogP contribution in [0.2, 0.25) is 0 Å². The molecule has 1 aromatic carbocycles. The first kappa shape index (κ1) is 20.4. The van der Waals surface area contributed by atoms with Gasteiger partial charge in [0.2, 0.25) is 0 Å². The van der Waals surface area contributed by atoms with Gasteiger partial charge in [0.1, 0.15) is 11.4 Å². The monoisotopic (exact) mass is 427 g/mol. The van der Waals surface area contributed by atoms with Crippen molar-refractivity contribution >= 4 is 5.91 Å². The number of nitriles is 1. The molecule has 1 aliphatic rings. The number of hydrogen-bond acceptors (Lipinski definition) is 5. The lowest BCUT2D eigenvalue weighted by molar-refractivity contribution is -0.141. The van der Waals surface area contributed by atoms with Crippen LogP contribution in [0, 0.1) is 11.3 Å². The fraction of sp³-hybridized carbons (Fsp3) is 0.238. The molecule has 0 aliphatic carbocycles. The minimum atomic E-state index is -4.55. The molecule has 1 aliphatic heterocycles. The Kier molecular flexibility index (Phi) is 5.10. The molecule has 4 rings (SSSR count). The molecule has 0 saturated carbocycles. The maximum absolute atomic E-state index is 13.0. The molecule has 7 nitrogen and oxygen atoms in total. The fourth-order valence-corrected chi connectivity index (χ4v) is 3.48. The van der Waals surface area contributed by atoms with Crippen molar-refractivity contribution in [3.05, 3.63) is 65.1 Å². The third kappa shape index (κ3) is 4.07. The predicted molar refractivity (Wildman–Crippen MR) is 103 cm³/mol. The molecule has 3 heterocycles. The van der Waals surface area contributed by atoms with E-state index < -0.39 is 11.9 Å². The highest BCUT2D eigenvalue weighted by atomic mass is 19.4. The number of methoxy groups -OCH3 is 1. The van der Waals surface area contributed by atoms with E-state index in [9.17, 15) is 18.0 Å². The second-order valence-corrected chi connectivity index (χ2v) is 6.98. The Morgan fingerprint density at radius 2 is 2.10 bits per heavy atom. The molecule has 1 N–H and O–H groups in total. The average Bonchev–Trinajstić information content (AvgIpc) is 3.34. The number of hydrogen-bond donors (Lipinski definition) is 1. The molecule has 31 heavy (non-hydrogen) atoms. The van der Waals surface area contributed by atoms with Gasteiger partial charge in [0.05, 0.1) is 36.2 Å². The Morgan fingerprint density at radius 3 is 2.81 bits per heavy atom. The molecule has 158 valence electrons. The van der Waals surface area contributed by atoms with Gasteiger partial charge >= 0.3 is 6.18 Å². The Morgan fingerprint density at radius 1 is 1.29 bits per heavy atom. The van der Waals surface area contributed by atoms with Gasteiger partial charge in [0.25, 0.3) is 5.91 Å². The van der Waals surface area contributed by atoms with Crippen LogP contribution in [0.5, 0.6) is 5.75 Å². The zero-order valence-electron chi connectivity index (χ0n) is 16.3. The molecular weight excluding hydrogens is 411 g/mol. The van der Waals surface area contributed by atoms with Gasteiger partial charge in [-0.05, 0) is 42.8 Å². The number of aromatic nitrogens is 3. The van der Waals surface area contributed by atoms with Crippen molar-refractivity contribution in [1.82, 2.24) is 20.1 Å². The molecule has 3 aromatic rings. The van der Waals surface area contributed by atoms with Crippen molar-refractivity contribution in [3.63, 3.8) is 0 Å². The second kappa shape index (κ2) is 7.75. The predicted octanol–water partition coefficient (Wildman–Crippen LogP) is 3.72. The summed E-state index contributed by atoms with van der Waals surface area (Å²) in [5, 5.41) is 16.4. The number of pyridine rings is 1. The van der Waals surface area contributed by atoms with E-state index in [0.717, 1.165) is 12.3 Å². The van der Waals surface area contributed by atoms with E-state index in [4.69, 9.17) is 10.00 Å². The van der Waals surface area contributed by atoms with E-state index in [1.807, 2.05) is 6.07 Å². The number of alkyl halides is 3. The third-order valence-electron chi connectivity index (χ3n) is 4.98. The van der Waals surface area contributed by atoms with Gasteiger partial charge in [-0.25, -0.2) is 0 Å². The van der Waals surface area contributed by atoms with E-state index in [-0.39, 0.29) is 17.5 Å². The number of ether oxygens (including phenoxy) is 1. The maximum Gasteiger partial charge on any atom is 0.433 e. The van der Waals surface area contributed by atoms with Gasteiger partial charge in [-0.2, -0.15) is 23.5 Å². The van der Waals surface area contributed by atoms with Crippen molar-refractivity contribution in [2.45, 2.75) is 25.2 Å². The van der Waals surface area contributed by atoms with Crippen LogP contribution < -0.4 is 10.1 Å². The zero-order valence-corrected chi connectivity index (χ0v) is 16.3. The summed E-state index contributed by atoms with van der Waals surface area (Å²) >= 11 is 0. The summed E-state index contributed by atoms with van der Waals surface area (Å²) < 4.78 is 45.7. The van der Waals surface area contributed by atoms with E-state index in [2.05, 4.69) is 15.4 Å². The third-order valence-corrected chi connectivity index (χ3v) is 4.98. The largest absolute Gasteiger partial charge is 0.497 e. The second-order valence-electron chi connectivity index (χ2n) is 6.98. The Labute approximate surface area is 175 Å². The highest BCUT2D eigenvalue weighted by molar-refractivity contribution is 5.95. The lowest BCUT2D eigenvalue weighted by Gasteiger charge is -2.13. The molecule has 0 unspecified atom stereocenters. The van der Waals surface area contributed by atoms with Crippen LogP contribution in [0.25, 0.3) is 11.3 Å². The molecule has 0 fully saturated rings. The first-order valence-corrected chi connectivity index (χ1v) is 9.30. The van der Waals surface area contributed by atoms with Crippen LogP contribution in [0.1, 0.15) is 39.8 Å². The smallest absolute Gasteiger partial charge is 0.433 e. The van der Waals surface area contributed by atoms with Crippen molar-refractivity contribution < 1.29 is 22.7 Å². The summed E-state index contributed by atoms with van der Waals surface area (Å²) in [5.41, 5.74) is 0.932. The first-order valence-electron chi connectivity index (χ1n) is 9.30. The van der Waals surface area contributed by atoms with Crippen molar-refractivity contribution in [1.29, 1.82) is 5.26 Å². The fourth-order valence-electron chi connectivity index (χ4n) is 3.48.